The summed E-state index contributed by atoms with van der Waals surface area (Å²) in [5.74, 6) is 0.476. The van der Waals surface area contributed by atoms with Gasteiger partial charge in [-0.1, -0.05) is 58.9 Å². The van der Waals surface area contributed by atoms with E-state index >= 15 is 0 Å². The van der Waals surface area contributed by atoms with Crippen molar-refractivity contribution in [1.82, 2.24) is 4.72 Å². The van der Waals surface area contributed by atoms with E-state index in [4.69, 9.17) is 0 Å². The van der Waals surface area contributed by atoms with Crippen molar-refractivity contribution in [3.63, 3.8) is 0 Å². The first kappa shape index (κ1) is 22.5. The van der Waals surface area contributed by atoms with E-state index in [9.17, 15) is 13.2 Å². The average molecular weight is 429 g/mol. The molecule has 6 heteroatoms. The monoisotopic (exact) mass is 428 g/mol. The number of rotatable bonds is 6. The van der Waals surface area contributed by atoms with Crippen LogP contribution in [0.4, 0.5) is 5.69 Å². The molecule has 162 valence electrons. The summed E-state index contributed by atoms with van der Waals surface area (Å²) >= 11 is 0. The Morgan fingerprint density at radius 3 is 2.37 bits per heavy atom. The van der Waals surface area contributed by atoms with Gasteiger partial charge in [-0.15, -0.1) is 0 Å². The highest BCUT2D eigenvalue weighted by Crippen LogP contribution is 2.30. The lowest BCUT2D eigenvalue weighted by molar-refractivity contribution is -0.119. The van der Waals surface area contributed by atoms with E-state index < -0.39 is 10.0 Å². The lowest BCUT2D eigenvalue weighted by Crippen LogP contribution is -2.29. The molecule has 1 N–H and O–H groups in total. The maximum absolute atomic E-state index is 12.7. The number of nitrogens with one attached hydrogen (secondary N) is 1. The largest absolute Gasteiger partial charge is 0.312 e. The van der Waals surface area contributed by atoms with E-state index in [1.165, 1.54) is 0 Å². The van der Waals surface area contributed by atoms with Gasteiger partial charge in [0.25, 0.3) is 0 Å². The molecule has 1 aliphatic rings. The first-order valence-corrected chi connectivity index (χ1v) is 12.0. The van der Waals surface area contributed by atoms with Gasteiger partial charge in [0.2, 0.25) is 15.9 Å². The molecular formula is C24H32N2O3S. The Labute approximate surface area is 180 Å². The van der Waals surface area contributed by atoms with Gasteiger partial charge in [0.05, 0.1) is 4.90 Å². The fraction of sp³-hybridized carbons (Fsp3) is 0.458. The Morgan fingerprint density at radius 2 is 1.77 bits per heavy atom. The van der Waals surface area contributed by atoms with E-state index in [0.29, 0.717) is 18.9 Å². The minimum absolute atomic E-state index is 0.0232. The summed E-state index contributed by atoms with van der Waals surface area (Å²) in [6, 6.07) is 12.9. The standard InChI is InChI=1S/C24H32N2O3S/c1-17(2)14-23(27)26-13-12-19-15-18(6-11-22(19)26)16-25-30(28,29)21-9-7-20(8-10-21)24(3,4)5/h6-11,15,17,25H,12-14,16H2,1-5H3. The van der Waals surface area contributed by atoms with Crippen molar-refractivity contribution in [2.45, 2.75) is 64.3 Å². The number of sulfonamides is 1. The second kappa shape index (κ2) is 8.52. The van der Waals surface area contributed by atoms with Crippen LogP contribution in [0, 0.1) is 5.92 Å². The molecular weight excluding hydrogens is 396 g/mol. The Kier molecular flexibility index (Phi) is 6.39. The normalized spacial score (nSPS) is 14.3. The van der Waals surface area contributed by atoms with Crippen LogP contribution in [0.3, 0.4) is 0 Å². The Hall–Kier alpha value is -2.18. The molecule has 30 heavy (non-hydrogen) atoms. The van der Waals surface area contributed by atoms with E-state index in [1.807, 2.05) is 49.1 Å². The van der Waals surface area contributed by atoms with Gasteiger partial charge < -0.3 is 4.90 Å². The van der Waals surface area contributed by atoms with Gasteiger partial charge in [-0.05, 0) is 52.6 Å². The van der Waals surface area contributed by atoms with Crippen LogP contribution in [-0.2, 0) is 33.2 Å². The van der Waals surface area contributed by atoms with E-state index in [-0.39, 0.29) is 22.8 Å². The predicted octanol–water partition coefficient (Wildman–Crippen LogP) is 4.40. The molecule has 2 aromatic carbocycles. The van der Waals surface area contributed by atoms with Crippen LogP contribution in [0.25, 0.3) is 0 Å². The molecule has 0 aliphatic carbocycles. The second-order valence-corrected chi connectivity index (χ2v) is 11.2. The molecule has 0 spiro atoms. The summed E-state index contributed by atoms with van der Waals surface area (Å²) in [4.78, 5) is 14.6. The van der Waals surface area contributed by atoms with Gasteiger partial charge in [-0.25, -0.2) is 13.1 Å². The summed E-state index contributed by atoms with van der Waals surface area (Å²) in [6.45, 7) is 11.3. The molecule has 0 fully saturated rings. The van der Waals surface area contributed by atoms with Crippen molar-refractivity contribution in [1.29, 1.82) is 0 Å². The third-order valence-electron chi connectivity index (χ3n) is 5.42. The third kappa shape index (κ3) is 5.10. The Bertz CT molecular complexity index is 1020. The van der Waals surface area contributed by atoms with Gasteiger partial charge in [-0.3, -0.25) is 4.79 Å². The molecule has 0 saturated heterocycles. The molecule has 0 aromatic heterocycles. The van der Waals surface area contributed by atoms with E-state index in [0.717, 1.165) is 28.8 Å². The van der Waals surface area contributed by atoms with Crippen molar-refractivity contribution < 1.29 is 13.2 Å². The minimum Gasteiger partial charge on any atom is -0.312 e. The molecule has 1 amide bonds. The Balaban J connectivity index is 1.68. The smallest absolute Gasteiger partial charge is 0.240 e. The van der Waals surface area contributed by atoms with Crippen molar-refractivity contribution in [3.05, 3.63) is 59.2 Å². The molecule has 0 saturated carbocycles. The minimum atomic E-state index is -3.59. The lowest BCUT2D eigenvalue weighted by Gasteiger charge is -2.19. The highest BCUT2D eigenvalue weighted by Gasteiger charge is 2.25. The van der Waals surface area contributed by atoms with Crippen molar-refractivity contribution in [2.75, 3.05) is 11.4 Å². The molecule has 3 rings (SSSR count). The number of carbonyl (C=O) groups excluding carboxylic acids is 1. The van der Waals surface area contributed by atoms with Crippen LogP contribution < -0.4 is 9.62 Å². The van der Waals surface area contributed by atoms with Gasteiger partial charge in [0.15, 0.2) is 0 Å². The van der Waals surface area contributed by atoms with Gasteiger partial charge in [0.1, 0.15) is 0 Å². The lowest BCUT2D eigenvalue weighted by atomic mass is 9.87. The number of carbonyl (C=O) groups is 1. The summed E-state index contributed by atoms with van der Waals surface area (Å²) in [5, 5.41) is 0. The van der Waals surface area contributed by atoms with E-state index in [1.54, 1.807) is 12.1 Å². The molecule has 0 atom stereocenters. The molecule has 0 radical (unpaired) electrons. The summed E-state index contributed by atoms with van der Waals surface area (Å²) in [7, 11) is -3.59. The summed E-state index contributed by atoms with van der Waals surface area (Å²) in [6.07, 6.45) is 1.34. The topological polar surface area (TPSA) is 66.5 Å². The first-order chi connectivity index (χ1) is 14.0. The number of nitrogens with zero attached hydrogens (tertiary/aromatic N) is 1. The second-order valence-electron chi connectivity index (χ2n) is 9.46. The highest BCUT2D eigenvalue weighted by atomic mass is 32.2. The molecule has 2 aromatic rings. The molecule has 1 aliphatic heterocycles. The van der Waals surface area contributed by atoms with Gasteiger partial charge >= 0.3 is 0 Å². The highest BCUT2D eigenvalue weighted by molar-refractivity contribution is 7.89. The number of fused-ring (bicyclic) bond motifs is 1. The maximum atomic E-state index is 12.7. The number of anilines is 1. The van der Waals surface area contributed by atoms with Crippen LogP contribution in [0.1, 0.15) is 57.7 Å². The van der Waals surface area contributed by atoms with Crippen molar-refractivity contribution >= 4 is 21.6 Å². The number of hydrogen-bond donors (Lipinski definition) is 1. The summed E-state index contributed by atoms with van der Waals surface area (Å²) < 4.78 is 28.1. The van der Waals surface area contributed by atoms with Crippen LogP contribution in [0.5, 0.6) is 0 Å². The molecule has 1 heterocycles. The zero-order chi connectivity index (χ0) is 22.1. The quantitative estimate of drug-likeness (QED) is 0.742. The molecule has 0 bridgehead atoms. The predicted molar refractivity (Wildman–Crippen MR) is 121 cm³/mol. The van der Waals surface area contributed by atoms with Crippen molar-refractivity contribution in [3.8, 4) is 0 Å². The first-order valence-electron chi connectivity index (χ1n) is 10.5. The Morgan fingerprint density at radius 1 is 1.10 bits per heavy atom. The zero-order valence-electron chi connectivity index (χ0n) is 18.5. The number of amides is 1. The maximum Gasteiger partial charge on any atom is 0.240 e. The average Bonchev–Trinajstić information content (AvgIpc) is 3.09. The molecule has 0 unspecified atom stereocenters. The van der Waals surface area contributed by atoms with Gasteiger partial charge in [-0.2, -0.15) is 0 Å². The van der Waals surface area contributed by atoms with Gasteiger partial charge in [0, 0.05) is 25.2 Å². The van der Waals surface area contributed by atoms with Crippen LogP contribution in [0.15, 0.2) is 47.4 Å². The third-order valence-corrected chi connectivity index (χ3v) is 6.84. The zero-order valence-corrected chi connectivity index (χ0v) is 19.3. The SMILES string of the molecule is CC(C)CC(=O)N1CCc2cc(CNS(=O)(=O)c3ccc(C(C)(C)C)cc3)ccc21. The van der Waals surface area contributed by atoms with Crippen LogP contribution in [0.2, 0.25) is 0 Å². The summed E-state index contributed by atoms with van der Waals surface area (Å²) in [5.41, 5.74) is 4.01. The van der Waals surface area contributed by atoms with Crippen molar-refractivity contribution in [2.24, 2.45) is 5.92 Å². The van der Waals surface area contributed by atoms with E-state index in [2.05, 4.69) is 25.5 Å². The number of benzene rings is 2. The molecule has 5 nitrogen and oxygen atoms in total. The fourth-order valence-corrected chi connectivity index (χ4v) is 4.70. The van der Waals surface area contributed by atoms with Crippen LogP contribution >= 0.6 is 0 Å². The fourth-order valence-electron chi connectivity index (χ4n) is 3.68. The van der Waals surface area contributed by atoms with Crippen LogP contribution in [-0.4, -0.2) is 20.9 Å². The number of hydrogen-bond acceptors (Lipinski definition) is 3.